The number of likely N-dealkylation sites (N-methyl/N-ethyl adjacent to an activating group) is 1. The molecular formula is C24H27ClFN3O. The fourth-order valence-electron chi connectivity index (χ4n) is 4.48. The average molecular weight is 428 g/mol. The van der Waals surface area contributed by atoms with Crippen molar-refractivity contribution in [2.45, 2.75) is 50.6 Å². The van der Waals surface area contributed by atoms with Crippen molar-refractivity contribution in [3.05, 3.63) is 70.5 Å². The molecule has 2 aromatic carbocycles. The molecule has 6 heteroatoms. The molecule has 1 unspecified atom stereocenters. The van der Waals surface area contributed by atoms with Crippen LogP contribution < -0.4 is 0 Å². The van der Waals surface area contributed by atoms with Crippen molar-refractivity contribution in [3.8, 4) is 0 Å². The van der Waals surface area contributed by atoms with Crippen molar-refractivity contribution < 1.29 is 9.18 Å². The number of hydrogen-bond acceptors (Lipinski definition) is 3. The number of nitrogens with zero attached hydrogens (tertiary/aromatic N) is 3. The molecular weight excluding hydrogens is 401 g/mol. The number of benzene rings is 2. The lowest BCUT2D eigenvalue weighted by atomic mass is 9.94. The van der Waals surface area contributed by atoms with Crippen LogP contribution in [0, 0.1) is 5.82 Å². The summed E-state index contributed by atoms with van der Waals surface area (Å²) in [5.41, 5.74) is 2.00. The molecule has 0 spiro atoms. The summed E-state index contributed by atoms with van der Waals surface area (Å²) in [5.74, 6) is -0.380. The van der Waals surface area contributed by atoms with Crippen molar-refractivity contribution >= 4 is 23.2 Å². The van der Waals surface area contributed by atoms with Crippen LogP contribution in [0.2, 0.25) is 5.02 Å². The van der Waals surface area contributed by atoms with Crippen molar-refractivity contribution in [1.29, 1.82) is 0 Å². The van der Waals surface area contributed by atoms with Crippen LogP contribution in [0.25, 0.3) is 0 Å². The van der Waals surface area contributed by atoms with Crippen molar-refractivity contribution in [2.75, 3.05) is 13.6 Å². The lowest BCUT2D eigenvalue weighted by Crippen LogP contribution is -2.41. The van der Waals surface area contributed by atoms with E-state index in [1.807, 2.05) is 31.3 Å². The Hall–Kier alpha value is -2.24. The molecule has 1 aliphatic carbocycles. The quantitative estimate of drug-likeness (QED) is 0.638. The maximum atomic E-state index is 14.4. The minimum Gasteiger partial charge on any atom is -0.295 e. The summed E-state index contributed by atoms with van der Waals surface area (Å²) in [5, 5.41) is 6.78. The number of hydrazone groups is 1. The fraction of sp³-hybridized carbons (Fsp3) is 0.417. The van der Waals surface area contributed by atoms with Crippen LogP contribution in [0.3, 0.4) is 0 Å². The number of carbonyl (C=O) groups excluding carboxylic acids is 1. The smallest absolute Gasteiger partial charge is 0.257 e. The van der Waals surface area contributed by atoms with Crippen molar-refractivity contribution in [1.82, 2.24) is 9.91 Å². The van der Waals surface area contributed by atoms with Gasteiger partial charge < -0.3 is 0 Å². The molecule has 1 heterocycles. The van der Waals surface area contributed by atoms with Gasteiger partial charge >= 0.3 is 0 Å². The molecule has 0 saturated heterocycles. The second kappa shape index (κ2) is 9.27. The zero-order chi connectivity index (χ0) is 21.1. The van der Waals surface area contributed by atoms with E-state index in [9.17, 15) is 9.18 Å². The lowest BCUT2D eigenvalue weighted by molar-refractivity contribution is -0.134. The number of rotatable bonds is 5. The zero-order valence-electron chi connectivity index (χ0n) is 17.2. The lowest BCUT2D eigenvalue weighted by Gasteiger charge is -2.32. The van der Waals surface area contributed by atoms with E-state index in [0.717, 1.165) is 18.4 Å². The highest BCUT2D eigenvalue weighted by Gasteiger charge is 2.34. The zero-order valence-corrected chi connectivity index (χ0v) is 18.0. The van der Waals surface area contributed by atoms with E-state index in [1.165, 1.54) is 25.3 Å². The number of hydrogen-bond donors (Lipinski definition) is 0. The second-order valence-electron chi connectivity index (χ2n) is 8.24. The van der Waals surface area contributed by atoms with Gasteiger partial charge in [-0.25, -0.2) is 9.40 Å². The fourth-order valence-corrected chi connectivity index (χ4v) is 4.61. The molecule has 1 saturated carbocycles. The topological polar surface area (TPSA) is 35.9 Å². The Labute approximate surface area is 182 Å². The summed E-state index contributed by atoms with van der Waals surface area (Å²) < 4.78 is 14.4. The van der Waals surface area contributed by atoms with Gasteiger partial charge in [0.1, 0.15) is 5.82 Å². The summed E-state index contributed by atoms with van der Waals surface area (Å²) in [6.45, 7) is 0.308. The second-order valence-corrected chi connectivity index (χ2v) is 8.68. The number of carbonyl (C=O) groups is 1. The summed E-state index contributed by atoms with van der Waals surface area (Å²) >= 11 is 6.05. The van der Waals surface area contributed by atoms with Gasteiger partial charge in [0.05, 0.1) is 18.3 Å². The van der Waals surface area contributed by atoms with Gasteiger partial charge in [0.15, 0.2) is 0 Å². The van der Waals surface area contributed by atoms with E-state index in [1.54, 1.807) is 23.2 Å². The first kappa shape index (κ1) is 21.0. The minimum atomic E-state index is -0.320. The van der Waals surface area contributed by atoms with Crippen LogP contribution in [0.4, 0.5) is 4.39 Å². The van der Waals surface area contributed by atoms with Crippen LogP contribution >= 0.6 is 11.6 Å². The van der Waals surface area contributed by atoms with Gasteiger partial charge in [-0.05, 0) is 43.7 Å². The highest BCUT2D eigenvalue weighted by molar-refractivity contribution is 6.30. The standard InChI is InChI=1S/C24H27ClFN3O/c1-28(19-7-3-2-4-8-19)16-24(30)29-23(17-11-13-18(25)14-12-17)15-22(27-29)20-9-5-6-10-21(20)26/h5-6,9-14,19,23H,2-4,7-8,15-16H2,1H3. The Bertz CT molecular complexity index is 924. The largest absolute Gasteiger partial charge is 0.295 e. The number of amides is 1. The van der Waals surface area contributed by atoms with Crippen LogP contribution in [0.5, 0.6) is 0 Å². The van der Waals surface area contributed by atoms with E-state index in [4.69, 9.17) is 11.6 Å². The van der Waals surface area contributed by atoms with Crippen LogP contribution in [0.1, 0.15) is 55.7 Å². The normalized spacial score (nSPS) is 19.9. The molecule has 0 aromatic heterocycles. The molecule has 1 atom stereocenters. The first-order chi connectivity index (χ1) is 14.5. The molecule has 1 fully saturated rings. The monoisotopic (exact) mass is 427 g/mol. The molecule has 2 aromatic rings. The molecule has 4 nitrogen and oxygen atoms in total. The van der Waals surface area contributed by atoms with Crippen molar-refractivity contribution in [2.24, 2.45) is 5.10 Å². The summed E-state index contributed by atoms with van der Waals surface area (Å²) in [6, 6.07) is 14.2. The summed E-state index contributed by atoms with van der Waals surface area (Å²) in [7, 11) is 2.02. The third-order valence-corrected chi connectivity index (χ3v) is 6.44. The Kier molecular flexibility index (Phi) is 6.49. The third kappa shape index (κ3) is 4.57. The molecule has 0 bridgehead atoms. The molecule has 30 heavy (non-hydrogen) atoms. The maximum Gasteiger partial charge on any atom is 0.257 e. The van der Waals surface area contributed by atoms with Gasteiger partial charge in [-0.15, -0.1) is 0 Å². The molecule has 0 N–H and O–H groups in total. The van der Waals surface area contributed by atoms with Gasteiger partial charge in [-0.3, -0.25) is 9.69 Å². The Morgan fingerprint density at radius 3 is 2.53 bits per heavy atom. The van der Waals surface area contributed by atoms with Gasteiger partial charge in [-0.1, -0.05) is 61.2 Å². The molecule has 1 aliphatic heterocycles. The summed E-state index contributed by atoms with van der Waals surface area (Å²) in [4.78, 5) is 15.4. The van der Waals surface area contributed by atoms with Gasteiger partial charge in [0, 0.05) is 23.0 Å². The van der Waals surface area contributed by atoms with Crippen LogP contribution in [0.15, 0.2) is 53.6 Å². The average Bonchev–Trinajstić information content (AvgIpc) is 3.20. The van der Waals surface area contributed by atoms with E-state index in [2.05, 4.69) is 10.0 Å². The molecule has 4 rings (SSSR count). The number of halogens is 2. The molecule has 0 radical (unpaired) electrons. The van der Waals surface area contributed by atoms with E-state index in [0.29, 0.717) is 35.3 Å². The van der Waals surface area contributed by atoms with Crippen LogP contribution in [-0.2, 0) is 4.79 Å². The minimum absolute atomic E-state index is 0.0608. The summed E-state index contributed by atoms with van der Waals surface area (Å²) in [6.07, 6.45) is 6.45. The Morgan fingerprint density at radius 1 is 1.13 bits per heavy atom. The first-order valence-electron chi connectivity index (χ1n) is 10.6. The van der Waals surface area contributed by atoms with Gasteiger partial charge in [-0.2, -0.15) is 5.10 Å². The van der Waals surface area contributed by atoms with Gasteiger partial charge in [0.25, 0.3) is 5.91 Å². The highest BCUT2D eigenvalue weighted by atomic mass is 35.5. The Balaban J connectivity index is 1.59. The maximum absolute atomic E-state index is 14.4. The molecule has 2 aliphatic rings. The highest BCUT2D eigenvalue weighted by Crippen LogP contribution is 2.34. The van der Waals surface area contributed by atoms with Crippen molar-refractivity contribution in [3.63, 3.8) is 0 Å². The van der Waals surface area contributed by atoms with E-state index in [-0.39, 0.29) is 17.8 Å². The predicted molar refractivity (Wildman–Crippen MR) is 118 cm³/mol. The first-order valence-corrected chi connectivity index (χ1v) is 11.0. The molecule has 158 valence electrons. The van der Waals surface area contributed by atoms with Crippen LogP contribution in [-0.4, -0.2) is 41.2 Å². The Morgan fingerprint density at radius 2 is 1.83 bits per heavy atom. The third-order valence-electron chi connectivity index (χ3n) is 6.19. The van der Waals surface area contributed by atoms with E-state index < -0.39 is 0 Å². The SMILES string of the molecule is CN(CC(=O)N1N=C(c2ccccc2F)CC1c1ccc(Cl)cc1)C1CCCCC1. The predicted octanol–water partition coefficient (Wildman–Crippen LogP) is 5.42. The van der Waals surface area contributed by atoms with Gasteiger partial charge in [0.2, 0.25) is 0 Å². The van der Waals surface area contributed by atoms with E-state index >= 15 is 0 Å². The molecule has 1 amide bonds.